The summed E-state index contributed by atoms with van der Waals surface area (Å²) in [6, 6.07) is 19.1. The smallest absolute Gasteiger partial charge is 0.220 e. The second-order valence-electron chi connectivity index (χ2n) is 6.62. The monoisotopic (exact) mass is 402 g/mol. The molecule has 4 rings (SSSR count). The summed E-state index contributed by atoms with van der Waals surface area (Å²) in [6.45, 7) is 0. The van der Waals surface area contributed by atoms with Crippen LogP contribution in [-0.2, 0) is 0 Å². The molecule has 29 heavy (non-hydrogen) atoms. The number of hydrogen-bond donors (Lipinski definition) is 2. The van der Waals surface area contributed by atoms with Crippen molar-refractivity contribution in [2.75, 3.05) is 11.5 Å². The molecule has 144 valence electrons. The Labute approximate surface area is 173 Å². The van der Waals surface area contributed by atoms with Gasteiger partial charge in [0.05, 0.1) is 17.3 Å². The second-order valence-corrected chi connectivity index (χ2v) is 7.06. The zero-order valence-electron chi connectivity index (χ0n) is 15.5. The van der Waals surface area contributed by atoms with Crippen LogP contribution in [0.15, 0.2) is 79.3 Å². The van der Waals surface area contributed by atoms with Crippen LogP contribution in [0.5, 0.6) is 0 Å². The summed E-state index contributed by atoms with van der Waals surface area (Å²) in [7, 11) is 0. The second kappa shape index (κ2) is 8.24. The zero-order valence-corrected chi connectivity index (χ0v) is 16.2. The van der Waals surface area contributed by atoms with Gasteiger partial charge in [-0.05, 0) is 47.5 Å². The minimum Gasteiger partial charge on any atom is -0.384 e. The van der Waals surface area contributed by atoms with Gasteiger partial charge in [0.25, 0.3) is 0 Å². The number of nitrogen functional groups attached to an aromatic ring is 2. The lowest BCUT2D eigenvalue weighted by Crippen LogP contribution is -2.18. The summed E-state index contributed by atoms with van der Waals surface area (Å²) in [4.78, 5) is 17.5. The van der Waals surface area contributed by atoms with Crippen molar-refractivity contribution in [3.63, 3.8) is 0 Å². The van der Waals surface area contributed by atoms with Gasteiger partial charge in [0.15, 0.2) is 0 Å². The maximum Gasteiger partial charge on any atom is 0.220 e. The molecule has 0 saturated carbocycles. The van der Waals surface area contributed by atoms with Gasteiger partial charge in [-0.15, -0.1) is 0 Å². The first kappa shape index (κ1) is 18.8. The number of anilines is 2. The molecule has 0 radical (unpaired) electrons. The number of nitrogens with two attached hydrogens (primary N) is 2. The first-order chi connectivity index (χ1) is 14.1. The van der Waals surface area contributed by atoms with Gasteiger partial charge in [0.2, 0.25) is 5.95 Å². The molecule has 3 heterocycles. The molecular weight excluding hydrogens is 384 g/mol. The first-order valence-electron chi connectivity index (χ1n) is 9.08. The number of halogens is 1. The number of benzene rings is 1. The average molecular weight is 403 g/mol. The standard InChI is InChI=1S/C22H19ClN6/c23-16-8-6-14(7-9-16)20(15-3-2-11-26-13-15)21(17-4-1-5-19(24)28-17)18-10-12-27-22(25)29-18/h1-13,20-21H,(H2,24,28)(H2,25,27,29). The SMILES string of the molecule is Nc1cccc(C(c2ccnc(N)n2)C(c2ccc(Cl)cc2)c2cccnc2)n1. The van der Waals surface area contributed by atoms with Gasteiger partial charge in [-0.25, -0.2) is 15.0 Å². The minimum absolute atomic E-state index is 0.135. The summed E-state index contributed by atoms with van der Waals surface area (Å²) in [5.74, 6) is 0.256. The van der Waals surface area contributed by atoms with Crippen LogP contribution in [-0.4, -0.2) is 19.9 Å². The van der Waals surface area contributed by atoms with Crippen LogP contribution < -0.4 is 11.5 Å². The molecule has 4 aromatic rings. The topological polar surface area (TPSA) is 104 Å². The van der Waals surface area contributed by atoms with Crippen LogP contribution >= 0.6 is 11.6 Å². The molecule has 1 aromatic carbocycles. The molecule has 0 amide bonds. The number of hydrogen-bond acceptors (Lipinski definition) is 6. The van der Waals surface area contributed by atoms with E-state index in [1.165, 1.54) is 0 Å². The summed E-state index contributed by atoms with van der Waals surface area (Å²) in [6.07, 6.45) is 5.25. The summed E-state index contributed by atoms with van der Waals surface area (Å²) < 4.78 is 0. The molecule has 0 saturated heterocycles. The van der Waals surface area contributed by atoms with E-state index in [0.717, 1.165) is 22.5 Å². The van der Waals surface area contributed by atoms with Crippen LogP contribution in [0, 0.1) is 0 Å². The molecule has 0 aliphatic rings. The lowest BCUT2D eigenvalue weighted by Gasteiger charge is -2.27. The van der Waals surface area contributed by atoms with Crippen LogP contribution in [0.1, 0.15) is 34.4 Å². The summed E-state index contributed by atoms with van der Waals surface area (Å²) >= 11 is 6.14. The number of nitrogens with zero attached hydrogens (tertiary/aromatic N) is 4. The van der Waals surface area contributed by atoms with Crippen LogP contribution in [0.4, 0.5) is 11.8 Å². The fourth-order valence-corrected chi connectivity index (χ4v) is 3.63. The molecule has 4 N–H and O–H groups in total. The predicted molar refractivity (Wildman–Crippen MR) is 114 cm³/mol. The van der Waals surface area contributed by atoms with Crippen LogP contribution in [0.25, 0.3) is 0 Å². The Kier molecular flexibility index (Phi) is 5.35. The number of rotatable bonds is 5. The van der Waals surface area contributed by atoms with E-state index in [1.807, 2.05) is 60.8 Å². The Morgan fingerprint density at radius 3 is 2.21 bits per heavy atom. The van der Waals surface area contributed by atoms with Gasteiger partial charge in [-0.1, -0.05) is 35.9 Å². The van der Waals surface area contributed by atoms with E-state index in [1.54, 1.807) is 18.5 Å². The predicted octanol–water partition coefficient (Wildman–Crippen LogP) is 4.05. The van der Waals surface area contributed by atoms with Gasteiger partial charge < -0.3 is 11.5 Å². The lowest BCUT2D eigenvalue weighted by molar-refractivity contribution is 0.654. The number of aromatic nitrogens is 4. The molecule has 2 unspecified atom stereocenters. The molecule has 0 aliphatic heterocycles. The van der Waals surface area contributed by atoms with Crippen molar-refractivity contribution in [1.29, 1.82) is 0 Å². The highest BCUT2D eigenvalue weighted by molar-refractivity contribution is 6.30. The third kappa shape index (κ3) is 4.17. The molecular formula is C22H19ClN6. The van der Waals surface area contributed by atoms with Crippen molar-refractivity contribution in [2.45, 2.75) is 11.8 Å². The van der Waals surface area contributed by atoms with Gasteiger partial charge >= 0.3 is 0 Å². The average Bonchev–Trinajstić information content (AvgIpc) is 2.73. The molecule has 0 bridgehead atoms. The van der Waals surface area contributed by atoms with Crippen molar-refractivity contribution in [3.8, 4) is 0 Å². The molecule has 2 atom stereocenters. The zero-order chi connectivity index (χ0) is 20.2. The molecule has 7 heteroatoms. The largest absolute Gasteiger partial charge is 0.384 e. The van der Waals surface area contributed by atoms with E-state index in [2.05, 4.69) is 19.9 Å². The van der Waals surface area contributed by atoms with Gasteiger partial charge in [-0.3, -0.25) is 4.98 Å². The van der Waals surface area contributed by atoms with Gasteiger partial charge in [-0.2, -0.15) is 0 Å². The van der Waals surface area contributed by atoms with Crippen LogP contribution in [0.3, 0.4) is 0 Å². The van der Waals surface area contributed by atoms with Gasteiger partial charge in [0.1, 0.15) is 5.82 Å². The molecule has 0 spiro atoms. The van der Waals surface area contributed by atoms with Crippen molar-refractivity contribution in [2.24, 2.45) is 0 Å². The maximum atomic E-state index is 6.14. The molecule has 0 aliphatic carbocycles. The van der Waals surface area contributed by atoms with Crippen LogP contribution in [0.2, 0.25) is 5.02 Å². The van der Waals surface area contributed by atoms with Crippen molar-refractivity contribution in [3.05, 3.63) is 107 Å². The fraction of sp³-hybridized carbons (Fsp3) is 0.0909. The van der Waals surface area contributed by atoms with E-state index in [-0.39, 0.29) is 17.8 Å². The number of pyridine rings is 2. The normalized spacial score (nSPS) is 13.0. The quantitative estimate of drug-likeness (QED) is 0.522. The third-order valence-electron chi connectivity index (χ3n) is 4.73. The van der Waals surface area contributed by atoms with Crippen molar-refractivity contribution < 1.29 is 0 Å². The summed E-state index contributed by atoms with van der Waals surface area (Å²) in [5, 5.41) is 0.670. The van der Waals surface area contributed by atoms with Crippen molar-refractivity contribution in [1.82, 2.24) is 19.9 Å². The van der Waals surface area contributed by atoms with E-state index in [9.17, 15) is 0 Å². The summed E-state index contributed by atoms with van der Waals surface area (Å²) in [5.41, 5.74) is 15.5. The molecule has 0 fully saturated rings. The highest BCUT2D eigenvalue weighted by atomic mass is 35.5. The third-order valence-corrected chi connectivity index (χ3v) is 4.98. The molecule has 3 aromatic heterocycles. The Balaban J connectivity index is 1.96. The Bertz CT molecular complexity index is 1060. The highest BCUT2D eigenvalue weighted by Crippen LogP contribution is 2.41. The van der Waals surface area contributed by atoms with E-state index in [0.29, 0.717) is 10.8 Å². The Hall–Kier alpha value is -3.51. The van der Waals surface area contributed by atoms with E-state index in [4.69, 9.17) is 23.1 Å². The highest BCUT2D eigenvalue weighted by Gasteiger charge is 2.31. The molecule has 6 nitrogen and oxygen atoms in total. The first-order valence-corrected chi connectivity index (χ1v) is 9.46. The lowest BCUT2D eigenvalue weighted by atomic mass is 9.77. The van der Waals surface area contributed by atoms with E-state index >= 15 is 0 Å². The van der Waals surface area contributed by atoms with E-state index < -0.39 is 0 Å². The fourth-order valence-electron chi connectivity index (χ4n) is 3.50. The Morgan fingerprint density at radius 1 is 0.724 bits per heavy atom. The minimum atomic E-state index is -0.255. The van der Waals surface area contributed by atoms with Gasteiger partial charge in [0, 0.05) is 29.5 Å². The van der Waals surface area contributed by atoms with Crippen molar-refractivity contribution >= 4 is 23.4 Å². The maximum absolute atomic E-state index is 6.14. The Morgan fingerprint density at radius 2 is 1.52 bits per heavy atom.